The smallest absolute Gasteiger partial charge is 0.220 e. The Kier molecular flexibility index (Phi) is 2.54. The maximum absolute atomic E-state index is 11.3. The van der Waals surface area contributed by atoms with Crippen molar-refractivity contribution in [2.45, 2.75) is 31.3 Å². The van der Waals surface area contributed by atoms with Gasteiger partial charge in [-0.2, -0.15) is 0 Å². The molecule has 14 heavy (non-hydrogen) atoms. The zero-order chi connectivity index (χ0) is 9.97. The van der Waals surface area contributed by atoms with E-state index in [1.165, 1.54) is 0 Å². The maximum atomic E-state index is 11.3. The molecule has 2 atom stereocenters. The van der Waals surface area contributed by atoms with Crippen LogP contribution in [0.2, 0.25) is 0 Å². The molecule has 1 aliphatic carbocycles. The van der Waals surface area contributed by atoms with E-state index in [0.29, 0.717) is 12.8 Å². The highest BCUT2D eigenvalue weighted by Gasteiger charge is 2.34. The van der Waals surface area contributed by atoms with E-state index in [1.54, 1.807) is 6.26 Å². The summed E-state index contributed by atoms with van der Waals surface area (Å²) in [4.78, 5) is 11.3. The topological polar surface area (TPSA) is 68.3 Å². The fourth-order valence-corrected chi connectivity index (χ4v) is 1.35. The van der Waals surface area contributed by atoms with Gasteiger partial charge in [-0.05, 0) is 18.6 Å². The molecule has 4 nitrogen and oxygen atoms in total. The number of rotatable bonds is 4. The van der Waals surface area contributed by atoms with E-state index in [2.05, 4.69) is 5.32 Å². The molecule has 0 aliphatic heterocycles. The van der Waals surface area contributed by atoms with Crippen molar-refractivity contribution in [1.82, 2.24) is 5.32 Å². The molecule has 1 aromatic rings. The molecule has 1 saturated carbocycles. The largest absolute Gasteiger partial charge is 0.469 e. The van der Waals surface area contributed by atoms with Crippen molar-refractivity contribution in [2.75, 3.05) is 0 Å². The van der Waals surface area contributed by atoms with Crippen molar-refractivity contribution in [3.8, 4) is 0 Å². The Morgan fingerprint density at radius 2 is 2.50 bits per heavy atom. The number of furan rings is 1. The van der Waals surface area contributed by atoms with Crippen LogP contribution in [-0.4, -0.2) is 18.0 Å². The quantitative estimate of drug-likeness (QED) is 0.730. The van der Waals surface area contributed by atoms with E-state index in [4.69, 9.17) is 10.2 Å². The highest BCUT2D eigenvalue weighted by atomic mass is 16.3. The molecular formula is C10H14N2O2. The molecule has 0 spiro atoms. The molecule has 76 valence electrons. The summed E-state index contributed by atoms with van der Waals surface area (Å²) in [6.45, 7) is 0. The van der Waals surface area contributed by atoms with Crippen LogP contribution in [0.5, 0.6) is 0 Å². The van der Waals surface area contributed by atoms with E-state index >= 15 is 0 Å². The van der Waals surface area contributed by atoms with Crippen LogP contribution in [-0.2, 0) is 11.2 Å². The molecule has 4 heteroatoms. The maximum Gasteiger partial charge on any atom is 0.220 e. The van der Waals surface area contributed by atoms with Crippen LogP contribution in [0.4, 0.5) is 0 Å². The first-order valence-electron chi connectivity index (χ1n) is 4.83. The Labute approximate surface area is 82.5 Å². The molecule has 3 N–H and O–H groups in total. The summed E-state index contributed by atoms with van der Waals surface area (Å²) in [5, 5.41) is 2.86. The van der Waals surface area contributed by atoms with Gasteiger partial charge in [0.1, 0.15) is 5.76 Å². The third-order valence-corrected chi connectivity index (χ3v) is 2.36. The number of amides is 1. The normalized spacial score (nSPS) is 24.6. The lowest BCUT2D eigenvalue weighted by molar-refractivity contribution is -0.121. The van der Waals surface area contributed by atoms with Gasteiger partial charge in [0.15, 0.2) is 0 Å². The zero-order valence-electron chi connectivity index (χ0n) is 7.90. The summed E-state index contributed by atoms with van der Waals surface area (Å²) in [5.74, 6) is 0.902. The predicted octanol–water partition coefficient (Wildman–Crippen LogP) is 0.428. The zero-order valence-corrected chi connectivity index (χ0v) is 7.90. The van der Waals surface area contributed by atoms with Crippen LogP contribution in [0.3, 0.4) is 0 Å². The van der Waals surface area contributed by atoms with Crippen LogP contribution in [0.1, 0.15) is 18.6 Å². The Bertz CT molecular complexity index is 308. The third kappa shape index (κ3) is 2.35. The Morgan fingerprint density at radius 3 is 3.07 bits per heavy atom. The van der Waals surface area contributed by atoms with Crippen LogP contribution < -0.4 is 11.1 Å². The van der Waals surface area contributed by atoms with Crippen molar-refractivity contribution in [3.63, 3.8) is 0 Å². The highest BCUT2D eigenvalue weighted by Crippen LogP contribution is 2.17. The van der Waals surface area contributed by atoms with Gasteiger partial charge in [-0.3, -0.25) is 4.79 Å². The molecule has 1 heterocycles. The second-order valence-electron chi connectivity index (χ2n) is 3.65. The van der Waals surface area contributed by atoms with Gasteiger partial charge in [-0.25, -0.2) is 0 Å². The molecule has 0 saturated heterocycles. The molecule has 0 bridgehead atoms. The SMILES string of the molecule is NC1CC1NC(=O)CCc1ccco1. The number of hydrogen-bond acceptors (Lipinski definition) is 3. The molecule has 0 radical (unpaired) electrons. The van der Waals surface area contributed by atoms with Crippen molar-refractivity contribution < 1.29 is 9.21 Å². The lowest BCUT2D eigenvalue weighted by atomic mass is 10.2. The van der Waals surface area contributed by atoms with Crippen molar-refractivity contribution >= 4 is 5.91 Å². The summed E-state index contributed by atoms with van der Waals surface area (Å²) in [5.41, 5.74) is 5.57. The van der Waals surface area contributed by atoms with E-state index in [0.717, 1.165) is 12.2 Å². The number of nitrogens with two attached hydrogens (primary N) is 1. The molecule has 2 unspecified atom stereocenters. The van der Waals surface area contributed by atoms with Crippen LogP contribution in [0.25, 0.3) is 0 Å². The van der Waals surface area contributed by atoms with E-state index in [-0.39, 0.29) is 18.0 Å². The van der Waals surface area contributed by atoms with E-state index < -0.39 is 0 Å². The fourth-order valence-electron chi connectivity index (χ4n) is 1.35. The van der Waals surface area contributed by atoms with Crippen LogP contribution in [0, 0.1) is 0 Å². The van der Waals surface area contributed by atoms with Crippen molar-refractivity contribution in [1.29, 1.82) is 0 Å². The molecule has 1 aromatic heterocycles. The molecule has 2 rings (SSSR count). The number of hydrogen-bond donors (Lipinski definition) is 2. The predicted molar refractivity (Wildman–Crippen MR) is 51.6 cm³/mol. The van der Waals surface area contributed by atoms with Gasteiger partial charge in [0.2, 0.25) is 5.91 Å². The van der Waals surface area contributed by atoms with Gasteiger partial charge >= 0.3 is 0 Å². The van der Waals surface area contributed by atoms with Gasteiger partial charge in [0.05, 0.1) is 6.26 Å². The lowest BCUT2D eigenvalue weighted by Gasteiger charge is -2.01. The minimum atomic E-state index is 0.0550. The van der Waals surface area contributed by atoms with E-state index in [9.17, 15) is 4.79 Å². The van der Waals surface area contributed by atoms with Gasteiger partial charge in [0.25, 0.3) is 0 Å². The van der Waals surface area contributed by atoms with Gasteiger partial charge in [-0.15, -0.1) is 0 Å². The third-order valence-electron chi connectivity index (χ3n) is 2.36. The average Bonchev–Trinajstić information content (AvgIpc) is 2.71. The Hall–Kier alpha value is -1.29. The average molecular weight is 194 g/mol. The molecule has 1 aliphatic rings. The fraction of sp³-hybridized carbons (Fsp3) is 0.500. The highest BCUT2D eigenvalue weighted by molar-refractivity contribution is 5.76. The molecule has 1 amide bonds. The minimum absolute atomic E-state index is 0.0550. The van der Waals surface area contributed by atoms with E-state index in [1.807, 2.05) is 12.1 Å². The Balaban J connectivity index is 1.68. The summed E-state index contributed by atoms with van der Waals surface area (Å²) >= 11 is 0. The van der Waals surface area contributed by atoms with Crippen LogP contribution >= 0.6 is 0 Å². The summed E-state index contributed by atoms with van der Waals surface area (Å²) in [7, 11) is 0. The van der Waals surface area contributed by atoms with Crippen LogP contribution in [0.15, 0.2) is 22.8 Å². The summed E-state index contributed by atoms with van der Waals surface area (Å²) < 4.78 is 5.12. The first-order valence-corrected chi connectivity index (χ1v) is 4.83. The number of nitrogens with one attached hydrogen (secondary N) is 1. The van der Waals surface area contributed by atoms with Crippen molar-refractivity contribution in [2.24, 2.45) is 5.73 Å². The molecule has 1 fully saturated rings. The minimum Gasteiger partial charge on any atom is -0.469 e. The summed E-state index contributed by atoms with van der Waals surface area (Å²) in [6, 6.07) is 4.07. The standard InChI is InChI=1S/C10H14N2O2/c11-8-6-9(8)12-10(13)4-3-7-2-1-5-14-7/h1-2,5,8-9H,3-4,6,11H2,(H,12,13). The number of aryl methyl sites for hydroxylation is 1. The van der Waals surface area contributed by atoms with Gasteiger partial charge in [-0.1, -0.05) is 0 Å². The number of carbonyl (C=O) groups is 1. The Morgan fingerprint density at radius 1 is 1.71 bits per heavy atom. The van der Waals surface area contributed by atoms with Crippen molar-refractivity contribution in [3.05, 3.63) is 24.2 Å². The first-order chi connectivity index (χ1) is 6.75. The van der Waals surface area contributed by atoms with Gasteiger partial charge in [0, 0.05) is 24.9 Å². The second kappa shape index (κ2) is 3.84. The van der Waals surface area contributed by atoms with Gasteiger partial charge < -0.3 is 15.5 Å². The molecular weight excluding hydrogens is 180 g/mol. The lowest BCUT2D eigenvalue weighted by Crippen LogP contribution is -2.29. The number of carbonyl (C=O) groups excluding carboxylic acids is 1. The monoisotopic (exact) mass is 194 g/mol. The second-order valence-corrected chi connectivity index (χ2v) is 3.65. The first kappa shape index (κ1) is 9.27. The summed E-state index contributed by atoms with van der Waals surface area (Å²) in [6.07, 6.45) is 3.65. The molecule has 0 aromatic carbocycles.